The normalized spacial score (nSPS) is 11.8. The highest BCUT2D eigenvalue weighted by molar-refractivity contribution is 5.84. The van der Waals surface area contributed by atoms with E-state index < -0.39 is 12.0 Å². The van der Waals surface area contributed by atoms with E-state index in [2.05, 4.69) is 12.2 Å². The van der Waals surface area contributed by atoms with Crippen molar-refractivity contribution < 1.29 is 19.4 Å². The molecular weight excluding hydrogens is 402 g/mol. The van der Waals surface area contributed by atoms with Crippen LogP contribution in [0.15, 0.2) is 24.3 Å². The Hall–Kier alpha value is -2.04. The largest absolute Gasteiger partial charge is 0.508 e. The third kappa shape index (κ3) is 14.1. The van der Waals surface area contributed by atoms with Crippen molar-refractivity contribution in [1.82, 2.24) is 5.32 Å². The average molecular weight is 448 g/mol. The molecule has 1 aromatic carbocycles. The molecule has 1 aromatic rings. The van der Waals surface area contributed by atoms with Crippen LogP contribution < -0.4 is 5.32 Å². The van der Waals surface area contributed by atoms with Gasteiger partial charge in [-0.05, 0) is 31.0 Å². The first-order valence-corrected chi connectivity index (χ1v) is 12.8. The number of hydrogen-bond acceptors (Lipinski definition) is 4. The zero-order chi connectivity index (χ0) is 23.4. The van der Waals surface area contributed by atoms with Crippen LogP contribution in [0.25, 0.3) is 0 Å². The molecule has 0 heterocycles. The second kappa shape index (κ2) is 18.5. The Balaban J connectivity index is 2.15. The van der Waals surface area contributed by atoms with Gasteiger partial charge in [0.15, 0.2) is 0 Å². The Bertz CT molecular complexity index is 615. The van der Waals surface area contributed by atoms with Crippen molar-refractivity contribution in [3.05, 3.63) is 29.8 Å². The molecule has 0 radical (unpaired) electrons. The second-order valence-electron chi connectivity index (χ2n) is 8.74. The summed E-state index contributed by atoms with van der Waals surface area (Å²) in [5.74, 6) is -0.350. The lowest BCUT2D eigenvalue weighted by molar-refractivity contribution is -0.147. The lowest BCUT2D eigenvalue weighted by atomic mass is 10.0. The van der Waals surface area contributed by atoms with Crippen LogP contribution >= 0.6 is 0 Å². The quantitative estimate of drug-likeness (QED) is 0.188. The van der Waals surface area contributed by atoms with Gasteiger partial charge >= 0.3 is 5.97 Å². The zero-order valence-electron chi connectivity index (χ0n) is 20.4. The molecule has 1 rings (SSSR count). The topological polar surface area (TPSA) is 75.6 Å². The van der Waals surface area contributed by atoms with Crippen LogP contribution in [0.3, 0.4) is 0 Å². The maximum absolute atomic E-state index is 12.3. The molecule has 5 nitrogen and oxygen atoms in total. The molecule has 0 aliphatic rings. The molecule has 182 valence electrons. The minimum atomic E-state index is -0.700. The summed E-state index contributed by atoms with van der Waals surface area (Å²) in [7, 11) is 0. The zero-order valence-corrected chi connectivity index (χ0v) is 20.4. The number of phenols is 1. The van der Waals surface area contributed by atoms with Gasteiger partial charge in [0.2, 0.25) is 5.91 Å². The van der Waals surface area contributed by atoms with Crippen molar-refractivity contribution in [2.75, 3.05) is 6.61 Å². The molecule has 1 atom stereocenters. The summed E-state index contributed by atoms with van der Waals surface area (Å²) in [6.07, 6.45) is 17.3. The molecule has 0 bridgehead atoms. The van der Waals surface area contributed by atoms with Gasteiger partial charge in [-0.25, -0.2) is 4.79 Å². The Morgan fingerprint density at radius 1 is 0.812 bits per heavy atom. The van der Waals surface area contributed by atoms with Gasteiger partial charge in [-0.1, -0.05) is 96.1 Å². The standard InChI is InChI=1S/C27H45NO4/c1-3-5-6-7-8-9-10-11-12-13-14-15-16-17-26(30)28-25(27(31)32-4-2)22-23-18-20-24(29)21-19-23/h18-21,25,29H,3-17,22H2,1-2H3,(H,28,30)/t25-/m0/s1. The molecule has 0 fully saturated rings. The number of phenolic OH excluding ortho intramolecular Hbond substituents is 1. The maximum atomic E-state index is 12.3. The summed E-state index contributed by atoms with van der Waals surface area (Å²) in [4.78, 5) is 24.6. The summed E-state index contributed by atoms with van der Waals surface area (Å²) in [5.41, 5.74) is 0.863. The minimum Gasteiger partial charge on any atom is -0.508 e. The number of carbonyl (C=O) groups is 2. The van der Waals surface area contributed by atoms with Crippen LogP contribution in [0.5, 0.6) is 5.75 Å². The molecule has 0 saturated carbocycles. The van der Waals surface area contributed by atoms with E-state index in [0.29, 0.717) is 12.8 Å². The Labute approximate surface area is 195 Å². The lowest BCUT2D eigenvalue weighted by Gasteiger charge is -2.17. The van der Waals surface area contributed by atoms with Crippen molar-refractivity contribution in [3.8, 4) is 5.75 Å². The maximum Gasteiger partial charge on any atom is 0.328 e. The molecule has 2 N–H and O–H groups in total. The fourth-order valence-corrected chi connectivity index (χ4v) is 3.87. The molecule has 1 amide bonds. The predicted molar refractivity (Wildman–Crippen MR) is 131 cm³/mol. The van der Waals surface area contributed by atoms with Gasteiger partial charge in [-0.3, -0.25) is 4.79 Å². The van der Waals surface area contributed by atoms with Crippen LogP contribution in [-0.2, 0) is 20.7 Å². The van der Waals surface area contributed by atoms with Gasteiger partial charge in [0, 0.05) is 12.8 Å². The summed E-state index contributed by atoms with van der Waals surface area (Å²) in [6.45, 7) is 4.29. The smallest absolute Gasteiger partial charge is 0.328 e. The van der Waals surface area contributed by atoms with Crippen molar-refractivity contribution in [1.29, 1.82) is 0 Å². The highest BCUT2D eigenvalue weighted by Crippen LogP contribution is 2.14. The summed E-state index contributed by atoms with van der Waals surface area (Å²) in [6, 6.07) is 5.95. The third-order valence-electron chi connectivity index (χ3n) is 5.79. The molecule has 0 saturated heterocycles. The number of benzene rings is 1. The van der Waals surface area contributed by atoms with Gasteiger partial charge in [0.05, 0.1) is 6.61 Å². The van der Waals surface area contributed by atoms with Crippen LogP contribution in [-0.4, -0.2) is 29.6 Å². The number of rotatable bonds is 19. The summed E-state index contributed by atoms with van der Waals surface area (Å²) < 4.78 is 5.12. The number of unbranched alkanes of at least 4 members (excludes halogenated alkanes) is 12. The van der Waals surface area contributed by atoms with E-state index in [4.69, 9.17) is 4.74 Å². The van der Waals surface area contributed by atoms with E-state index in [1.165, 1.54) is 70.6 Å². The monoisotopic (exact) mass is 447 g/mol. The number of carbonyl (C=O) groups excluding carboxylic acids is 2. The first kappa shape index (κ1) is 28.0. The van der Waals surface area contributed by atoms with E-state index in [9.17, 15) is 14.7 Å². The van der Waals surface area contributed by atoms with Crippen molar-refractivity contribution in [3.63, 3.8) is 0 Å². The number of amides is 1. The highest BCUT2D eigenvalue weighted by atomic mass is 16.5. The predicted octanol–water partition coefficient (Wildman–Crippen LogP) is 6.46. The number of esters is 1. The van der Waals surface area contributed by atoms with Crippen molar-refractivity contribution >= 4 is 11.9 Å². The van der Waals surface area contributed by atoms with E-state index in [1.54, 1.807) is 31.2 Å². The average Bonchev–Trinajstić information content (AvgIpc) is 2.78. The molecule has 0 aliphatic heterocycles. The molecule has 0 aromatic heterocycles. The first-order chi connectivity index (χ1) is 15.6. The van der Waals surface area contributed by atoms with E-state index in [1.807, 2.05) is 0 Å². The van der Waals surface area contributed by atoms with Gasteiger partial charge in [0.1, 0.15) is 11.8 Å². The summed E-state index contributed by atoms with van der Waals surface area (Å²) in [5, 5.41) is 12.2. The number of hydrogen-bond donors (Lipinski definition) is 2. The molecule has 0 aliphatic carbocycles. The van der Waals surface area contributed by atoms with Crippen molar-refractivity contribution in [2.24, 2.45) is 0 Å². The van der Waals surface area contributed by atoms with Gasteiger partial charge in [-0.2, -0.15) is 0 Å². The van der Waals surface area contributed by atoms with Crippen LogP contribution in [0, 0.1) is 0 Å². The fourth-order valence-electron chi connectivity index (χ4n) is 3.87. The summed E-state index contributed by atoms with van der Waals surface area (Å²) >= 11 is 0. The molecule has 5 heteroatoms. The number of aromatic hydroxyl groups is 1. The van der Waals surface area contributed by atoms with Crippen LogP contribution in [0.2, 0.25) is 0 Å². The van der Waals surface area contributed by atoms with Gasteiger partial charge in [-0.15, -0.1) is 0 Å². The van der Waals surface area contributed by atoms with Crippen molar-refractivity contribution in [2.45, 2.75) is 116 Å². The molecular formula is C27H45NO4. The third-order valence-corrected chi connectivity index (χ3v) is 5.79. The Kier molecular flexibility index (Phi) is 16.2. The minimum absolute atomic E-state index is 0.107. The lowest BCUT2D eigenvalue weighted by Crippen LogP contribution is -2.43. The second-order valence-corrected chi connectivity index (χ2v) is 8.74. The van der Waals surface area contributed by atoms with Crippen LogP contribution in [0.4, 0.5) is 0 Å². The van der Waals surface area contributed by atoms with Crippen LogP contribution in [0.1, 0.15) is 109 Å². The first-order valence-electron chi connectivity index (χ1n) is 12.8. The molecule has 32 heavy (non-hydrogen) atoms. The van der Waals surface area contributed by atoms with E-state index in [-0.39, 0.29) is 18.3 Å². The number of nitrogens with one attached hydrogen (secondary N) is 1. The van der Waals surface area contributed by atoms with Gasteiger partial charge in [0.25, 0.3) is 0 Å². The van der Waals surface area contributed by atoms with E-state index >= 15 is 0 Å². The number of ether oxygens (including phenoxy) is 1. The molecule has 0 spiro atoms. The van der Waals surface area contributed by atoms with Gasteiger partial charge < -0.3 is 15.2 Å². The highest BCUT2D eigenvalue weighted by Gasteiger charge is 2.22. The Morgan fingerprint density at radius 3 is 1.81 bits per heavy atom. The fraction of sp³-hybridized carbons (Fsp3) is 0.704. The molecule has 0 unspecified atom stereocenters. The Morgan fingerprint density at radius 2 is 1.31 bits per heavy atom. The van der Waals surface area contributed by atoms with E-state index in [0.717, 1.165) is 18.4 Å². The SMILES string of the molecule is CCCCCCCCCCCCCCCC(=O)N[C@@H](Cc1ccc(O)cc1)C(=O)OCC.